The Morgan fingerprint density at radius 1 is 1.13 bits per heavy atom. The van der Waals surface area contributed by atoms with Gasteiger partial charge in [-0.3, -0.25) is 9.78 Å². The van der Waals surface area contributed by atoms with Crippen molar-refractivity contribution in [1.82, 2.24) is 20.1 Å². The van der Waals surface area contributed by atoms with E-state index in [4.69, 9.17) is 26.1 Å². The maximum atomic E-state index is 12.7. The number of methoxy groups -OCH3 is 2. The average Bonchev–Trinajstić information content (AvgIpc) is 3.18. The van der Waals surface area contributed by atoms with Crippen molar-refractivity contribution >= 4 is 28.4 Å². The lowest BCUT2D eigenvalue weighted by Crippen LogP contribution is -2.43. The van der Waals surface area contributed by atoms with Gasteiger partial charge in [-0.15, -0.1) is 0 Å². The van der Waals surface area contributed by atoms with Crippen LogP contribution < -0.4 is 14.8 Å². The molecule has 0 aliphatic carbocycles. The van der Waals surface area contributed by atoms with Gasteiger partial charge in [0.1, 0.15) is 6.17 Å². The molecule has 0 saturated heterocycles. The van der Waals surface area contributed by atoms with Crippen molar-refractivity contribution in [3.63, 3.8) is 0 Å². The maximum Gasteiger partial charge on any atom is 0.241 e. The molecule has 4 rings (SSSR count). The highest BCUT2D eigenvalue weighted by Crippen LogP contribution is 2.38. The van der Waals surface area contributed by atoms with E-state index in [0.29, 0.717) is 36.0 Å². The molecule has 1 radical (unpaired) electrons. The van der Waals surface area contributed by atoms with E-state index in [0.717, 1.165) is 40.7 Å². The van der Waals surface area contributed by atoms with Crippen LogP contribution in [0.25, 0.3) is 10.9 Å². The second-order valence-electron chi connectivity index (χ2n) is 9.89. The Morgan fingerprint density at radius 3 is 2.68 bits per heavy atom. The summed E-state index contributed by atoms with van der Waals surface area (Å²) in [6, 6.07) is 16.1. The fourth-order valence-electron chi connectivity index (χ4n) is 4.83. The molecule has 201 valence electrons. The number of benzene rings is 2. The highest BCUT2D eigenvalue weighted by Gasteiger charge is 2.28. The monoisotopic (exact) mass is 535 g/mol. The first-order chi connectivity index (χ1) is 18.3. The van der Waals surface area contributed by atoms with Crippen molar-refractivity contribution < 1.29 is 14.3 Å². The minimum atomic E-state index is -0.0722. The number of amides is 1. The van der Waals surface area contributed by atoms with Crippen molar-refractivity contribution in [2.24, 2.45) is 5.92 Å². The summed E-state index contributed by atoms with van der Waals surface area (Å²) >= 11 is 6.54. The molecular weight excluding hydrogens is 500 g/mol. The van der Waals surface area contributed by atoms with E-state index in [2.05, 4.69) is 53.4 Å². The van der Waals surface area contributed by atoms with Gasteiger partial charge in [-0.2, -0.15) is 0 Å². The molecule has 1 aliphatic rings. The number of carbonyl (C=O) groups is 1. The van der Waals surface area contributed by atoms with Gasteiger partial charge in [0, 0.05) is 30.8 Å². The molecular formula is C30H36ClN4O3. The van der Waals surface area contributed by atoms with Crippen LogP contribution in [0.2, 0.25) is 5.02 Å². The van der Waals surface area contributed by atoms with Crippen LogP contribution in [-0.4, -0.2) is 54.7 Å². The van der Waals surface area contributed by atoms with E-state index in [1.807, 2.05) is 37.4 Å². The van der Waals surface area contributed by atoms with E-state index >= 15 is 0 Å². The molecule has 2 atom stereocenters. The Hall–Kier alpha value is -3.45. The van der Waals surface area contributed by atoms with Gasteiger partial charge >= 0.3 is 0 Å². The van der Waals surface area contributed by atoms with E-state index in [1.165, 1.54) is 0 Å². The van der Waals surface area contributed by atoms with Gasteiger partial charge in [0.05, 0.1) is 43.5 Å². The topological polar surface area (TPSA) is 69.0 Å². The van der Waals surface area contributed by atoms with Gasteiger partial charge in [0.2, 0.25) is 5.91 Å². The van der Waals surface area contributed by atoms with Crippen LogP contribution >= 0.6 is 11.6 Å². The summed E-state index contributed by atoms with van der Waals surface area (Å²) in [4.78, 5) is 21.9. The number of fused-ring (bicyclic) bond motifs is 1. The third-order valence-electron chi connectivity index (χ3n) is 7.15. The number of hydrogen-bond acceptors (Lipinski definition) is 6. The molecule has 1 aliphatic heterocycles. The molecule has 2 heterocycles. The number of aromatic nitrogens is 1. The number of para-hydroxylation sites is 1. The molecule has 0 saturated carbocycles. The van der Waals surface area contributed by atoms with Crippen molar-refractivity contribution in [3.8, 4) is 11.5 Å². The SMILES string of the molecule is COc1ccc(CC(C)CCC(=O)[N]CC2N(Cc3ccc4ccccc4n3)C=C(C)N2C)c(Cl)c1OC. The summed E-state index contributed by atoms with van der Waals surface area (Å²) in [7, 11) is 5.21. The minimum absolute atomic E-state index is 0.0183. The zero-order chi connectivity index (χ0) is 27.2. The second-order valence-corrected chi connectivity index (χ2v) is 10.3. The Kier molecular flexibility index (Phi) is 9.00. The predicted molar refractivity (Wildman–Crippen MR) is 151 cm³/mol. The number of nitrogens with zero attached hydrogens (tertiary/aromatic N) is 4. The molecule has 1 aromatic heterocycles. The van der Waals surface area contributed by atoms with Gasteiger partial charge in [-0.1, -0.05) is 48.9 Å². The molecule has 0 spiro atoms. The van der Waals surface area contributed by atoms with Crippen LogP contribution in [0, 0.1) is 5.92 Å². The fraction of sp³-hybridized carbons (Fsp3) is 0.400. The summed E-state index contributed by atoms with van der Waals surface area (Å²) in [6.45, 7) is 5.26. The Bertz CT molecular complexity index is 1310. The summed E-state index contributed by atoms with van der Waals surface area (Å²) in [6.07, 6.45) is 3.98. The number of rotatable bonds is 11. The largest absolute Gasteiger partial charge is 0.493 e. The lowest BCUT2D eigenvalue weighted by atomic mass is 9.96. The highest BCUT2D eigenvalue weighted by atomic mass is 35.5. The van der Waals surface area contributed by atoms with Crippen molar-refractivity contribution in [3.05, 3.63) is 76.7 Å². The Labute approximate surface area is 230 Å². The zero-order valence-corrected chi connectivity index (χ0v) is 23.5. The van der Waals surface area contributed by atoms with Crippen molar-refractivity contribution in [2.75, 3.05) is 27.8 Å². The lowest BCUT2D eigenvalue weighted by Gasteiger charge is -2.30. The lowest BCUT2D eigenvalue weighted by molar-refractivity contribution is -0.122. The van der Waals surface area contributed by atoms with Crippen LogP contribution in [-0.2, 0) is 17.8 Å². The summed E-state index contributed by atoms with van der Waals surface area (Å²) in [5.41, 5.74) is 4.09. The van der Waals surface area contributed by atoms with E-state index < -0.39 is 0 Å². The van der Waals surface area contributed by atoms with E-state index in [-0.39, 0.29) is 18.0 Å². The predicted octanol–water partition coefficient (Wildman–Crippen LogP) is 5.63. The number of hydrogen-bond donors (Lipinski definition) is 0. The first-order valence-corrected chi connectivity index (χ1v) is 13.3. The quantitative estimate of drug-likeness (QED) is 0.317. The third-order valence-corrected chi connectivity index (χ3v) is 7.57. The third kappa shape index (κ3) is 6.33. The smallest absolute Gasteiger partial charge is 0.241 e. The number of ether oxygens (including phenoxy) is 2. The normalized spacial score (nSPS) is 15.9. The highest BCUT2D eigenvalue weighted by molar-refractivity contribution is 6.33. The van der Waals surface area contributed by atoms with Crippen LogP contribution in [0.5, 0.6) is 11.5 Å². The Morgan fingerprint density at radius 2 is 1.92 bits per heavy atom. The molecule has 0 N–H and O–H groups in total. The van der Waals surface area contributed by atoms with Gasteiger partial charge in [-0.25, -0.2) is 5.32 Å². The summed E-state index contributed by atoms with van der Waals surface area (Å²) in [5, 5.41) is 6.13. The molecule has 38 heavy (non-hydrogen) atoms. The number of carbonyl (C=O) groups excluding carboxylic acids is 1. The molecule has 2 unspecified atom stereocenters. The van der Waals surface area contributed by atoms with Crippen molar-refractivity contribution in [2.45, 2.75) is 45.8 Å². The van der Waals surface area contributed by atoms with E-state index in [9.17, 15) is 4.79 Å². The first-order valence-electron chi connectivity index (χ1n) is 12.9. The van der Waals surface area contributed by atoms with Gasteiger partial charge < -0.3 is 19.3 Å². The molecule has 0 bridgehead atoms. The maximum absolute atomic E-state index is 12.7. The average molecular weight is 536 g/mol. The van der Waals surface area contributed by atoms with E-state index in [1.54, 1.807) is 14.2 Å². The molecule has 8 heteroatoms. The standard InChI is InChI=1S/C30H36ClN4O3/c1-20(16-23-12-14-26(37-4)30(38-5)29(23)31)10-15-27(36)32-17-28-34(3)21(2)18-35(28)19-24-13-11-22-8-6-7-9-25(22)33-24/h6-9,11-14,18,20,28H,10,15-17,19H2,1-5H3. The minimum Gasteiger partial charge on any atom is -0.493 e. The van der Waals surface area contributed by atoms with Gasteiger partial charge in [0.25, 0.3) is 0 Å². The number of halogens is 1. The Balaban J connectivity index is 1.29. The molecule has 7 nitrogen and oxygen atoms in total. The molecule has 2 aromatic carbocycles. The van der Waals surface area contributed by atoms with Gasteiger partial charge in [-0.05, 0) is 49.4 Å². The number of likely N-dealkylation sites (N-methyl/N-ethyl adjacent to an activating group) is 1. The molecule has 3 aromatic rings. The van der Waals surface area contributed by atoms with Crippen molar-refractivity contribution in [1.29, 1.82) is 0 Å². The van der Waals surface area contributed by atoms with Gasteiger partial charge in [0.15, 0.2) is 11.5 Å². The molecule has 1 amide bonds. The summed E-state index contributed by atoms with van der Waals surface area (Å²) < 4.78 is 10.7. The zero-order valence-electron chi connectivity index (χ0n) is 22.8. The first kappa shape index (κ1) is 27.6. The number of allylic oxidation sites excluding steroid dienone is 1. The van der Waals surface area contributed by atoms with Crippen LogP contribution in [0.15, 0.2) is 60.4 Å². The summed E-state index contributed by atoms with van der Waals surface area (Å²) in [5.74, 6) is 1.34. The van der Waals surface area contributed by atoms with Crippen LogP contribution in [0.4, 0.5) is 0 Å². The number of pyridine rings is 1. The van der Waals surface area contributed by atoms with Crippen LogP contribution in [0.3, 0.4) is 0 Å². The second kappa shape index (κ2) is 12.4. The van der Waals surface area contributed by atoms with Crippen LogP contribution in [0.1, 0.15) is 37.9 Å². The molecule has 0 fully saturated rings. The fourth-order valence-corrected chi connectivity index (χ4v) is 5.14.